The van der Waals surface area contributed by atoms with Gasteiger partial charge in [-0.2, -0.15) is 0 Å². The predicted molar refractivity (Wildman–Crippen MR) is 75.2 cm³/mol. The predicted octanol–water partition coefficient (Wildman–Crippen LogP) is 3.20. The molecular weight excluding hydrogens is 240 g/mol. The Bertz CT molecular complexity index is 397. The van der Waals surface area contributed by atoms with Crippen LogP contribution in [0.4, 0.5) is 0 Å². The molecule has 1 aliphatic carbocycles. The van der Waals surface area contributed by atoms with Crippen LogP contribution in [-0.2, 0) is 0 Å². The fourth-order valence-corrected chi connectivity index (χ4v) is 2.67. The van der Waals surface area contributed by atoms with Crippen molar-refractivity contribution in [3.63, 3.8) is 0 Å². The molecule has 0 radical (unpaired) electrons. The van der Waals surface area contributed by atoms with Crippen molar-refractivity contribution in [1.82, 2.24) is 0 Å². The third-order valence-electron chi connectivity index (χ3n) is 3.95. The van der Waals surface area contributed by atoms with Gasteiger partial charge in [0.05, 0.1) is 11.7 Å². The van der Waals surface area contributed by atoms with E-state index in [1.165, 1.54) is 6.42 Å². The topological polar surface area (TPSA) is 49.7 Å². The minimum absolute atomic E-state index is 0.320. The Morgan fingerprint density at radius 3 is 2.58 bits per heavy atom. The van der Waals surface area contributed by atoms with E-state index in [9.17, 15) is 10.2 Å². The SMILES string of the molecule is CC[C@H](O)c1ccccc1OCC1(O)CCCCC1. The first-order chi connectivity index (χ1) is 9.14. The number of aliphatic hydroxyl groups is 2. The van der Waals surface area contributed by atoms with Gasteiger partial charge in [0.1, 0.15) is 12.4 Å². The number of hydrogen-bond donors (Lipinski definition) is 2. The molecule has 3 nitrogen and oxygen atoms in total. The highest BCUT2D eigenvalue weighted by Crippen LogP contribution is 2.31. The third kappa shape index (κ3) is 3.71. The molecule has 1 fully saturated rings. The van der Waals surface area contributed by atoms with E-state index < -0.39 is 11.7 Å². The van der Waals surface area contributed by atoms with Gasteiger partial charge in [-0.05, 0) is 25.3 Å². The molecule has 19 heavy (non-hydrogen) atoms. The smallest absolute Gasteiger partial charge is 0.125 e. The summed E-state index contributed by atoms with van der Waals surface area (Å²) in [6.45, 7) is 2.26. The lowest BCUT2D eigenvalue weighted by Gasteiger charge is -2.32. The highest BCUT2D eigenvalue weighted by atomic mass is 16.5. The monoisotopic (exact) mass is 264 g/mol. The summed E-state index contributed by atoms with van der Waals surface area (Å²) in [6.07, 6.45) is 5.12. The van der Waals surface area contributed by atoms with E-state index in [1.807, 2.05) is 31.2 Å². The summed E-state index contributed by atoms with van der Waals surface area (Å²) in [5, 5.41) is 20.4. The van der Waals surface area contributed by atoms with Crippen molar-refractivity contribution in [3.8, 4) is 5.75 Å². The summed E-state index contributed by atoms with van der Waals surface area (Å²) in [4.78, 5) is 0. The second-order valence-corrected chi connectivity index (χ2v) is 5.54. The number of hydrogen-bond acceptors (Lipinski definition) is 3. The Kier molecular flexibility index (Phi) is 4.83. The van der Waals surface area contributed by atoms with Gasteiger partial charge in [-0.25, -0.2) is 0 Å². The van der Waals surface area contributed by atoms with Gasteiger partial charge < -0.3 is 14.9 Å². The molecule has 1 atom stereocenters. The van der Waals surface area contributed by atoms with E-state index in [0.717, 1.165) is 31.2 Å². The number of aliphatic hydroxyl groups excluding tert-OH is 1. The van der Waals surface area contributed by atoms with Crippen molar-refractivity contribution in [2.45, 2.75) is 57.2 Å². The Morgan fingerprint density at radius 2 is 1.89 bits per heavy atom. The molecule has 0 amide bonds. The largest absolute Gasteiger partial charge is 0.490 e. The molecule has 1 saturated carbocycles. The third-order valence-corrected chi connectivity index (χ3v) is 3.95. The lowest BCUT2D eigenvalue weighted by atomic mass is 9.85. The summed E-state index contributed by atoms with van der Waals surface area (Å²) in [6, 6.07) is 7.54. The van der Waals surface area contributed by atoms with Crippen LogP contribution in [0.15, 0.2) is 24.3 Å². The maximum Gasteiger partial charge on any atom is 0.125 e. The molecule has 0 aromatic heterocycles. The number of ether oxygens (including phenoxy) is 1. The van der Waals surface area contributed by atoms with E-state index in [-0.39, 0.29) is 0 Å². The van der Waals surface area contributed by atoms with Crippen LogP contribution in [0.5, 0.6) is 5.75 Å². The Morgan fingerprint density at radius 1 is 1.21 bits per heavy atom. The average Bonchev–Trinajstić information content (AvgIpc) is 2.45. The second-order valence-electron chi connectivity index (χ2n) is 5.54. The van der Waals surface area contributed by atoms with Gasteiger partial charge in [0.2, 0.25) is 0 Å². The molecule has 2 N–H and O–H groups in total. The average molecular weight is 264 g/mol. The van der Waals surface area contributed by atoms with E-state index >= 15 is 0 Å². The summed E-state index contributed by atoms with van der Waals surface area (Å²) in [5.74, 6) is 0.691. The van der Waals surface area contributed by atoms with Crippen molar-refractivity contribution in [2.75, 3.05) is 6.61 Å². The van der Waals surface area contributed by atoms with Crippen molar-refractivity contribution in [3.05, 3.63) is 29.8 Å². The van der Waals surface area contributed by atoms with Crippen LogP contribution in [0.25, 0.3) is 0 Å². The van der Waals surface area contributed by atoms with Gasteiger partial charge in [0.15, 0.2) is 0 Å². The van der Waals surface area contributed by atoms with Crippen LogP contribution >= 0.6 is 0 Å². The van der Waals surface area contributed by atoms with E-state index in [2.05, 4.69) is 0 Å². The van der Waals surface area contributed by atoms with Crippen molar-refractivity contribution >= 4 is 0 Å². The molecule has 0 spiro atoms. The van der Waals surface area contributed by atoms with E-state index in [4.69, 9.17) is 4.74 Å². The molecular formula is C16H24O3. The van der Waals surface area contributed by atoms with Gasteiger partial charge in [0, 0.05) is 5.56 Å². The Balaban J connectivity index is 2.02. The van der Waals surface area contributed by atoms with Crippen LogP contribution in [0.1, 0.15) is 57.1 Å². The lowest BCUT2D eigenvalue weighted by molar-refractivity contribution is -0.0346. The first kappa shape index (κ1) is 14.4. The van der Waals surface area contributed by atoms with Crippen LogP contribution < -0.4 is 4.74 Å². The van der Waals surface area contributed by atoms with Crippen LogP contribution in [0, 0.1) is 0 Å². The second kappa shape index (κ2) is 6.40. The Labute approximate surface area is 115 Å². The van der Waals surface area contributed by atoms with Gasteiger partial charge >= 0.3 is 0 Å². The summed E-state index contributed by atoms with van der Waals surface area (Å²) < 4.78 is 5.79. The summed E-state index contributed by atoms with van der Waals surface area (Å²) >= 11 is 0. The molecule has 0 aliphatic heterocycles. The fourth-order valence-electron chi connectivity index (χ4n) is 2.67. The molecule has 1 aromatic rings. The number of para-hydroxylation sites is 1. The highest BCUT2D eigenvalue weighted by molar-refractivity contribution is 5.35. The summed E-state index contributed by atoms with van der Waals surface area (Å²) in [7, 11) is 0. The van der Waals surface area contributed by atoms with Crippen LogP contribution in [-0.4, -0.2) is 22.4 Å². The Hall–Kier alpha value is -1.06. The standard InChI is InChI=1S/C16H24O3/c1-2-14(17)13-8-4-5-9-15(13)19-12-16(18)10-6-3-7-11-16/h4-5,8-9,14,17-18H,2-3,6-7,10-12H2,1H3/t14-/m0/s1. The van der Waals surface area contributed by atoms with Gasteiger partial charge in [-0.15, -0.1) is 0 Å². The highest BCUT2D eigenvalue weighted by Gasteiger charge is 2.30. The minimum Gasteiger partial charge on any atom is -0.490 e. The van der Waals surface area contributed by atoms with Crippen LogP contribution in [0.2, 0.25) is 0 Å². The first-order valence-corrected chi connectivity index (χ1v) is 7.27. The van der Waals surface area contributed by atoms with Crippen molar-refractivity contribution in [2.24, 2.45) is 0 Å². The molecule has 1 aliphatic rings. The lowest BCUT2D eigenvalue weighted by Crippen LogP contribution is -2.38. The molecule has 3 heteroatoms. The molecule has 106 valence electrons. The number of benzene rings is 1. The van der Waals surface area contributed by atoms with E-state index in [0.29, 0.717) is 18.8 Å². The quantitative estimate of drug-likeness (QED) is 0.858. The zero-order valence-corrected chi connectivity index (χ0v) is 11.6. The van der Waals surface area contributed by atoms with Crippen molar-refractivity contribution < 1.29 is 14.9 Å². The van der Waals surface area contributed by atoms with Crippen LogP contribution in [0.3, 0.4) is 0 Å². The molecule has 0 unspecified atom stereocenters. The zero-order chi connectivity index (χ0) is 13.7. The fraction of sp³-hybridized carbons (Fsp3) is 0.625. The minimum atomic E-state index is -0.692. The first-order valence-electron chi connectivity index (χ1n) is 7.27. The normalized spacial score (nSPS) is 19.9. The molecule has 0 bridgehead atoms. The molecule has 0 heterocycles. The maximum atomic E-state index is 10.4. The molecule has 1 aromatic carbocycles. The van der Waals surface area contributed by atoms with Gasteiger partial charge in [-0.1, -0.05) is 44.4 Å². The van der Waals surface area contributed by atoms with Gasteiger partial charge in [0.25, 0.3) is 0 Å². The summed E-state index contributed by atoms with van der Waals surface area (Å²) in [5.41, 5.74) is 0.118. The molecule has 2 rings (SSSR count). The molecule has 0 saturated heterocycles. The number of rotatable bonds is 5. The van der Waals surface area contributed by atoms with E-state index in [1.54, 1.807) is 0 Å². The van der Waals surface area contributed by atoms with Crippen molar-refractivity contribution in [1.29, 1.82) is 0 Å². The zero-order valence-electron chi connectivity index (χ0n) is 11.6. The maximum absolute atomic E-state index is 10.4. The van der Waals surface area contributed by atoms with Gasteiger partial charge in [-0.3, -0.25) is 0 Å².